The predicted molar refractivity (Wildman–Crippen MR) is 86.2 cm³/mol. The fourth-order valence-electron chi connectivity index (χ4n) is 5.33. The Morgan fingerprint density at radius 2 is 1.82 bits per heavy atom. The van der Waals surface area contributed by atoms with Gasteiger partial charge >= 0.3 is 11.8 Å². The Morgan fingerprint density at radius 3 is 2.50 bits per heavy atom. The van der Waals surface area contributed by atoms with Crippen molar-refractivity contribution in [2.24, 2.45) is 16.7 Å². The van der Waals surface area contributed by atoms with Crippen LogP contribution in [0.2, 0.25) is 0 Å². The highest BCUT2D eigenvalue weighted by Gasteiger charge is 2.52. The molecule has 4 heteroatoms. The van der Waals surface area contributed by atoms with Crippen molar-refractivity contribution >= 4 is 11.8 Å². The van der Waals surface area contributed by atoms with E-state index in [0.29, 0.717) is 5.92 Å². The van der Waals surface area contributed by atoms with E-state index in [4.69, 9.17) is 0 Å². The van der Waals surface area contributed by atoms with Gasteiger partial charge in [0, 0.05) is 25.7 Å². The number of hydrogen-bond acceptors (Lipinski definition) is 2. The van der Waals surface area contributed by atoms with Crippen LogP contribution in [0.5, 0.6) is 0 Å². The lowest BCUT2D eigenvalue weighted by Gasteiger charge is -2.39. The lowest BCUT2D eigenvalue weighted by molar-refractivity contribution is -0.153. The maximum atomic E-state index is 12.8. The molecule has 0 N–H and O–H groups in total. The van der Waals surface area contributed by atoms with E-state index >= 15 is 0 Å². The van der Waals surface area contributed by atoms with E-state index in [-0.39, 0.29) is 28.7 Å². The molecule has 2 amide bonds. The van der Waals surface area contributed by atoms with Crippen LogP contribution in [0.1, 0.15) is 59.8 Å². The van der Waals surface area contributed by atoms with Gasteiger partial charge < -0.3 is 9.80 Å². The number of nitrogens with zero attached hydrogens (tertiary/aromatic N) is 2. The zero-order chi connectivity index (χ0) is 16.1. The molecule has 2 heterocycles. The van der Waals surface area contributed by atoms with E-state index < -0.39 is 0 Å². The average Bonchev–Trinajstić information content (AvgIpc) is 2.66. The molecule has 2 bridgehead atoms. The van der Waals surface area contributed by atoms with Crippen molar-refractivity contribution in [3.8, 4) is 0 Å². The summed E-state index contributed by atoms with van der Waals surface area (Å²) in [7, 11) is 0. The molecule has 0 aromatic rings. The van der Waals surface area contributed by atoms with Gasteiger partial charge in [-0.3, -0.25) is 9.59 Å². The molecule has 3 unspecified atom stereocenters. The summed E-state index contributed by atoms with van der Waals surface area (Å²) in [5, 5.41) is 0. The molecule has 3 aliphatic rings. The highest BCUT2D eigenvalue weighted by molar-refractivity contribution is 6.35. The largest absolute Gasteiger partial charge is 0.334 e. The Kier molecular flexibility index (Phi) is 3.77. The van der Waals surface area contributed by atoms with Gasteiger partial charge in [0.1, 0.15) is 0 Å². The van der Waals surface area contributed by atoms with Crippen molar-refractivity contribution in [2.75, 3.05) is 19.6 Å². The minimum Gasteiger partial charge on any atom is -0.334 e. The maximum Gasteiger partial charge on any atom is 0.312 e. The zero-order valence-corrected chi connectivity index (χ0v) is 14.5. The third kappa shape index (κ3) is 2.89. The Labute approximate surface area is 134 Å². The molecule has 0 aromatic carbocycles. The summed E-state index contributed by atoms with van der Waals surface area (Å²) < 4.78 is 0. The molecule has 2 aliphatic heterocycles. The van der Waals surface area contributed by atoms with E-state index in [1.807, 2.05) is 4.90 Å². The number of amides is 2. The maximum absolute atomic E-state index is 12.8. The number of carbonyl (C=O) groups is 2. The quantitative estimate of drug-likeness (QED) is 0.646. The van der Waals surface area contributed by atoms with E-state index in [2.05, 4.69) is 27.7 Å². The monoisotopic (exact) mass is 306 g/mol. The number of carbonyl (C=O) groups excluding carboxylic acids is 2. The topological polar surface area (TPSA) is 40.6 Å². The second-order valence-corrected chi connectivity index (χ2v) is 9.15. The highest BCUT2D eigenvalue weighted by atomic mass is 16.2. The standard InChI is InChI=1S/C18H30N2O2/c1-13-6-5-7-19(10-13)15(21)16(22)20-12-18(4)9-14(20)8-17(2,3)11-18/h13-14H,5-12H2,1-4H3. The highest BCUT2D eigenvalue weighted by Crippen LogP contribution is 2.52. The van der Waals surface area contributed by atoms with Gasteiger partial charge in [-0.05, 0) is 48.9 Å². The normalized spacial score (nSPS) is 37.3. The van der Waals surface area contributed by atoms with Crippen LogP contribution in [0.4, 0.5) is 0 Å². The van der Waals surface area contributed by atoms with E-state index in [1.54, 1.807) is 4.90 Å². The van der Waals surface area contributed by atoms with Crippen molar-refractivity contribution in [3.05, 3.63) is 0 Å². The molecule has 0 radical (unpaired) electrons. The van der Waals surface area contributed by atoms with Gasteiger partial charge in [0.15, 0.2) is 0 Å². The van der Waals surface area contributed by atoms with E-state index in [9.17, 15) is 9.59 Å². The summed E-state index contributed by atoms with van der Waals surface area (Å²) in [6, 6.07) is 0.257. The molecule has 1 saturated carbocycles. The average molecular weight is 306 g/mol. The lowest BCUT2D eigenvalue weighted by atomic mass is 9.65. The van der Waals surface area contributed by atoms with Crippen molar-refractivity contribution < 1.29 is 9.59 Å². The van der Waals surface area contributed by atoms with Crippen LogP contribution in [0.25, 0.3) is 0 Å². The van der Waals surface area contributed by atoms with Crippen molar-refractivity contribution in [2.45, 2.75) is 65.8 Å². The van der Waals surface area contributed by atoms with Gasteiger partial charge in [0.2, 0.25) is 0 Å². The number of hydrogen-bond donors (Lipinski definition) is 0. The second kappa shape index (κ2) is 5.24. The molecular formula is C18H30N2O2. The molecule has 0 spiro atoms. The minimum atomic E-state index is -0.263. The SMILES string of the molecule is CC1CCCN(C(=O)C(=O)N2CC3(C)CC2CC(C)(C)C3)C1. The molecular weight excluding hydrogens is 276 g/mol. The third-order valence-corrected chi connectivity index (χ3v) is 5.80. The van der Waals surface area contributed by atoms with Crippen LogP contribution < -0.4 is 0 Å². The summed E-state index contributed by atoms with van der Waals surface area (Å²) >= 11 is 0. The van der Waals surface area contributed by atoms with Gasteiger partial charge in [-0.25, -0.2) is 0 Å². The Hall–Kier alpha value is -1.06. The molecule has 3 atom stereocenters. The molecule has 4 nitrogen and oxygen atoms in total. The first kappa shape index (κ1) is 15.8. The fourth-order valence-corrected chi connectivity index (χ4v) is 5.33. The number of likely N-dealkylation sites (tertiary alicyclic amines) is 2. The van der Waals surface area contributed by atoms with E-state index in [0.717, 1.165) is 51.7 Å². The summed E-state index contributed by atoms with van der Waals surface area (Å²) in [6.45, 7) is 11.3. The first-order valence-corrected chi connectivity index (χ1v) is 8.79. The number of piperidine rings is 1. The van der Waals surface area contributed by atoms with Crippen LogP contribution >= 0.6 is 0 Å². The van der Waals surface area contributed by atoms with Crippen LogP contribution in [0.15, 0.2) is 0 Å². The molecule has 22 heavy (non-hydrogen) atoms. The molecule has 0 aromatic heterocycles. The number of rotatable bonds is 0. The summed E-state index contributed by atoms with van der Waals surface area (Å²) in [5.74, 6) is 0.000730. The van der Waals surface area contributed by atoms with Crippen LogP contribution in [0, 0.1) is 16.7 Å². The summed E-state index contributed by atoms with van der Waals surface area (Å²) in [5.41, 5.74) is 0.465. The smallest absolute Gasteiger partial charge is 0.312 e. The Morgan fingerprint density at radius 1 is 1.09 bits per heavy atom. The van der Waals surface area contributed by atoms with Gasteiger partial charge in [0.25, 0.3) is 0 Å². The van der Waals surface area contributed by atoms with Crippen molar-refractivity contribution in [1.29, 1.82) is 0 Å². The predicted octanol–water partition coefficient (Wildman–Crippen LogP) is 2.67. The first-order chi connectivity index (χ1) is 10.2. The van der Waals surface area contributed by atoms with E-state index in [1.165, 1.54) is 0 Å². The van der Waals surface area contributed by atoms with Crippen molar-refractivity contribution in [1.82, 2.24) is 9.80 Å². The fraction of sp³-hybridized carbons (Fsp3) is 0.889. The molecule has 3 rings (SSSR count). The van der Waals surface area contributed by atoms with Gasteiger partial charge in [-0.2, -0.15) is 0 Å². The summed E-state index contributed by atoms with van der Waals surface area (Å²) in [4.78, 5) is 29.1. The number of fused-ring (bicyclic) bond motifs is 2. The van der Waals surface area contributed by atoms with Crippen LogP contribution in [0.3, 0.4) is 0 Å². The van der Waals surface area contributed by atoms with Gasteiger partial charge in [-0.1, -0.05) is 27.7 Å². The molecule has 1 aliphatic carbocycles. The van der Waals surface area contributed by atoms with Crippen LogP contribution in [-0.4, -0.2) is 47.3 Å². The molecule has 2 saturated heterocycles. The summed E-state index contributed by atoms with van der Waals surface area (Å²) in [6.07, 6.45) is 5.42. The minimum absolute atomic E-state index is 0.192. The first-order valence-electron chi connectivity index (χ1n) is 8.79. The molecule has 124 valence electrons. The molecule has 3 fully saturated rings. The van der Waals surface area contributed by atoms with Gasteiger partial charge in [0.05, 0.1) is 0 Å². The third-order valence-electron chi connectivity index (χ3n) is 5.80. The van der Waals surface area contributed by atoms with Crippen LogP contribution in [-0.2, 0) is 9.59 Å². The Bertz CT molecular complexity index is 487. The van der Waals surface area contributed by atoms with Gasteiger partial charge in [-0.15, -0.1) is 0 Å². The van der Waals surface area contributed by atoms with Crippen molar-refractivity contribution in [3.63, 3.8) is 0 Å². The second-order valence-electron chi connectivity index (χ2n) is 9.15. The zero-order valence-electron chi connectivity index (χ0n) is 14.5. The lowest BCUT2D eigenvalue weighted by Crippen LogP contribution is -2.50. The Balaban J connectivity index is 1.72.